The highest BCUT2D eigenvalue weighted by atomic mass is 31.2. The molecule has 240 valence electrons. The molecular formula is C29H43N8O6P. The summed E-state index contributed by atoms with van der Waals surface area (Å²) in [4.78, 5) is 38.8. The Morgan fingerprint density at radius 1 is 1.09 bits per heavy atom. The first-order valence-electron chi connectivity index (χ1n) is 14.9. The largest absolute Gasteiger partial charge is 0.465 e. The number of anilines is 2. The zero-order chi connectivity index (χ0) is 31.7. The predicted octanol–water partition coefficient (Wildman–Crippen LogP) is 3.23. The molecule has 3 unspecified atom stereocenters. The molecule has 5 N–H and O–H groups in total. The molecule has 1 aromatic carbocycles. The maximum Gasteiger partial charge on any atom is 0.323 e. The van der Waals surface area contributed by atoms with E-state index in [0.717, 1.165) is 18.4 Å². The Morgan fingerprint density at radius 3 is 2.52 bits per heavy atom. The summed E-state index contributed by atoms with van der Waals surface area (Å²) in [5.74, 6) is -0.405. The SMILES string of the molecule is CCCOC(=O)C(Cc1ccccc1)NP(=O)(COCCn1cnc2c(NC3CC3)nc(N)nc21)NC(C)C(=O)OC(C)C. The second-order valence-corrected chi connectivity index (χ2v) is 13.4. The molecule has 2 heterocycles. The van der Waals surface area contributed by atoms with Gasteiger partial charge in [-0.3, -0.25) is 14.2 Å². The van der Waals surface area contributed by atoms with Crippen LogP contribution >= 0.6 is 7.44 Å². The van der Waals surface area contributed by atoms with Crippen molar-refractivity contribution >= 4 is 42.3 Å². The summed E-state index contributed by atoms with van der Waals surface area (Å²) >= 11 is 0. The van der Waals surface area contributed by atoms with Crippen LogP contribution in [-0.4, -0.2) is 75.2 Å². The van der Waals surface area contributed by atoms with Crippen molar-refractivity contribution in [1.82, 2.24) is 29.7 Å². The summed E-state index contributed by atoms with van der Waals surface area (Å²) < 4.78 is 32.7. The molecule has 3 aromatic rings. The quantitative estimate of drug-likeness (QED) is 0.0913. The number of esters is 2. The fraction of sp³-hybridized carbons (Fsp3) is 0.552. The number of rotatable bonds is 18. The number of aromatic nitrogens is 4. The number of nitrogens with two attached hydrogens (primary N) is 1. The number of nitrogens with one attached hydrogen (secondary N) is 3. The van der Waals surface area contributed by atoms with Gasteiger partial charge in [0.15, 0.2) is 17.0 Å². The van der Waals surface area contributed by atoms with E-state index < -0.39 is 31.5 Å². The molecule has 15 heteroatoms. The van der Waals surface area contributed by atoms with Gasteiger partial charge >= 0.3 is 11.9 Å². The Kier molecular flexibility index (Phi) is 11.7. The molecule has 0 bridgehead atoms. The maximum absolute atomic E-state index is 14.3. The van der Waals surface area contributed by atoms with Crippen molar-refractivity contribution in [2.24, 2.45) is 0 Å². The van der Waals surface area contributed by atoms with E-state index in [4.69, 9.17) is 19.9 Å². The lowest BCUT2D eigenvalue weighted by Gasteiger charge is -2.28. The fourth-order valence-electron chi connectivity index (χ4n) is 4.40. The van der Waals surface area contributed by atoms with E-state index in [0.29, 0.717) is 36.0 Å². The van der Waals surface area contributed by atoms with Crippen LogP contribution in [0.1, 0.15) is 52.5 Å². The van der Waals surface area contributed by atoms with Crippen LogP contribution in [0.3, 0.4) is 0 Å². The van der Waals surface area contributed by atoms with Gasteiger partial charge in [-0.2, -0.15) is 9.97 Å². The summed E-state index contributed by atoms with van der Waals surface area (Å²) in [5, 5.41) is 9.15. The first kappa shape index (κ1) is 33.3. The van der Waals surface area contributed by atoms with E-state index in [1.54, 1.807) is 31.7 Å². The molecule has 0 amide bonds. The summed E-state index contributed by atoms with van der Waals surface area (Å²) in [5.41, 5.74) is 7.96. The number of nitrogen functional groups attached to an aromatic ring is 1. The van der Waals surface area contributed by atoms with Gasteiger partial charge in [0.05, 0.1) is 25.6 Å². The third kappa shape index (κ3) is 9.71. The van der Waals surface area contributed by atoms with Crippen molar-refractivity contribution in [1.29, 1.82) is 0 Å². The van der Waals surface area contributed by atoms with Gasteiger partial charge in [-0.1, -0.05) is 37.3 Å². The van der Waals surface area contributed by atoms with Gasteiger partial charge in [0, 0.05) is 12.6 Å². The second kappa shape index (κ2) is 15.4. The average molecular weight is 631 g/mol. The molecule has 0 saturated heterocycles. The Hall–Kier alpha value is -3.58. The van der Waals surface area contributed by atoms with E-state index >= 15 is 0 Å². The van der Waals surface area contributed by atoms with Gasteiger partial charge in [-0.05, 0) is 52.0 Å². The van der Waals surface area contributed by atoms with Crippen molar-refractivity contribution in [3.05, 3.63) is 42.2 Å². The van der Waals surface area contributed by atoms with Crippen LogP contribution in [0.25, 0.3) is 11.2 Å². The predicted molar refractivity (Wildman–Crippen MR) is 167 cm³/mol. The van der Waals surface area contributed by atoms with Crippen molar-refractivity contribution in [2.45, 2.75) is 84.2 Å². The van der Waals surface area contributed by atoms with Crippen LogP contribution < -0.4 is 21.2 Å². The molecule has 0 radical (unpaired) electrons. The van der Waals surface area contributed by atoms with E-state index in [1.165, 1.54) is 0 Å². The lowest BCUT2D eigenvalue weighted by Crippen LogP contribution is -2.45. The Labute approximate surface area is 257 Å². The van der Waals surface area contributed by atoms with Gasteiger partial charge < -0.3 is 29.8 Å². The smallest absolute Gasteiger partial charge is 0.323 e. The van der Waals surface area contributed by atoms with Crippen molar-refractivity contribution in [3.8, 4) is 0 Å². The van der Waals surface area contributed by atoms with E-state index in [9.17, 15) is 14.2 Å². The number of ether oxygens (including phenoxy) is 3. The highest BCUT2D eigenvalue weighted by Crippen LogP contribution is 2.38. The molecular weight excluding hydrogens is 587 g/mol. The van der Waals surface area contributed by atoms with E-state index in [-0.39, 0.29) is 38.0 Å². The summed E-state index contributed by atoms with van der Waals surface area (Å²) in [6, 6.07) is 7.79. The minimum atomic E-state index is -3.74. The number of benzene rings is 1. The molecule has 0 aliphatic heterocycles. The van der Waals surface area contributed by atoms with Crippen LogP contribution in [0.15, 0.2) is 36.7 Å². The Balaban J connectivity index is 1.48. The van der Waals surface area contributed by atoms with Gasteiger partial charge in [-0.25, -0.2) is 15.2 Å². The zero-order valence-corrected chi connectivity index (χ0v) is 26.6. The number of hydrogen-bond donors (Lipinski definition) is 4. The number of carbonyl (C=O) groups is 2. The highest BCUT2D eigenvalue weighted by Gasteiger charge is 2.34. The van der Waals surface area contributed by atoms with Crippen LogP contribution in [0.5, 0.6) is 0 Å². The van der Waals surface area contributed by atoms with Crippen LogP contribution in [0.4, 0.5) is 11.8 Å². The van der Waals surface area contributed by atoms with E-state index in [1.807, 2.05) is 37.3 Å². The van der Waals surface area contributed by atoms with Crippen molar-refractivity contribution in [2.75, 3.05) is 30.6 Å². The van der Waals surface area contributed by atoms with Gasteiger partial charge in [0.1, 0.15) is 18.4 Å². The molecule has 14 nitrogen and oxygen atoms in total. The minimum Gasteiger partial charge on any atom is -0.465 e. The number of hydrogen-bond acceptors (Lipinski definition) is 11. The van der Waals surface area contributed by atoms with Crippen LogP contribution in [-0.2, 0) is 41.3 Å². The Bertz CT molecular complexity index is 1450. The topological polar surface area (TPSA) is 185 Å². The lowest BCUT2D eigenvalue weighted by molar-refractivity contribution is -0.149. The third-order valence-corrected chi connectivity index (χ3v) is 8.72. The number of imidazole rings is 1. The summed E-state index contributed by atoms with van der Waals surface area (Å²) in [6.45, 7) is 7.58. The first-order valence-corrected chi connectivity index (χ1v) is 16.8. The number of fused-ring (bicyclic) bond motifs is 1. The molecule has 1 aliphatic carbocycles. The number of nitrogens with zero attached hydrogens (tertiary/aromatic N) is 4. The second-order valence-electron chi connectivity index (χ2n) is 11.1. The molecule has 1 fully saturated rings. The van der Waals surface area contributed by atoms with Crippen LogP contribution in [0.2, 0.25) is 0 Å². The molecule has 0 spiro atoms. The minimum absolute atomic E-state index is 0.128. The average Bonchev–Trinajstić information content (AvgIpc) is 3.71. The first-order chi connectivity index (χ1) is 21.1. The fourth-order valence-corrected chi connectivity index (χ4v) is 6.44. The van der Waals surface area contributed by atoms with Gasteiger partial charge in [0.2, 0.25) is 13.4 Å². The molecule has 2 aromatic heterocycles. The van der Waals surface area contributed by atoms with Crippen molar-refractivity contribution in [3.63, 3.8) is 0 Å². The monoisotopic (exact) mass is 630 g/mol. The molecule has 3 atom stereocenters. The zero-order valence-electron chi connectivity index (χ0n) is 25.7. The van der Waals surface area contributed by atoms with Crippen LogP contribution in [0, 0.1) is 0 Å². The van der Waals surface area contributed by atoms with Gasteiger partial charge in [0.25, 0.3) is 0 Å². The molecule has 4 rings (SSSR count). The summed E-state index contributed by atoms with van der Waals surface area (Å²) in [7, 11) is -3.74. The Morgan fingerprint density at radius 2 is 1.84 bits per heavy atom. The molecule has 44 heavy (non-hydrogen) atoms. The molecule has 1 saturated carbocycles. The third-order valence-electron chi connectivity index (χ3n) is 6.64. The summed E-state index contributed by atoms with van der Waals surface area (Å²) in [6.07, 6.45) is 3.94. The lowest BCUT2D eigenvalue weighted by atomic mass is 10.1. The maximum atomic E-state index is 14.3. The normalized spacial score (nSPS) is 15.9. The van der Waals surface area contributed by atoms with Crippen molar-refractivity contribution < 1.29 is 28.4 Å². The highest BCUT2D eigenvalue weighted by molar-refractivity contribution is 7.59. The molecule has 1 aliphatic rings. The standard InChI is InChI=1S/C29H43N8O6P/c1-5-14-42-28(39)23(16-21-9-7-6-8-10-21)36-44(40,35-20(4)27(38)43-19(2)3)18-41-15-13-37-17-31-24-25(32-22-11-12-22)33-29(30)34-26(24)37/h6-10,17,19-20,22-23H,5,11-16,18H2,1-4H3,(H2,35,36,40)(H3,30,32,33,34). The van der Waals surface area contributed by atoms with Gasteiger partial charge in [-0.15, -0.1) is 0 Å². The number of carbonyl (C=O) groups excluding carboxylic acids is 2. The van der Waals surface area contributed by atoms with E-state index in [2.05, 4.69) is 30.4 Å².